The van der Waals surface area contributed by atoms with Crippen molar-refractivity contribution in [1.82, 2.24) is 9.44 Å². The summed E-state index contributed by atoms with van der Waals surface area (Å²) in [5.41, 5.74) is 1.31. The summed E-state index contributed by atoms with van der Waals surface area (Å²) in [4.78, 5) is 0. The lowest BCUT2D eigenvalue weighted by Crippen LogP contribution is -2.42. The lowest BCUT2D eigenvalue weighted by Gasteiger charge is -2.34. The molecule has 2 atom stereocenters. The summed E-state index contributed by atoms with van der Waals surface area (Å²) in [6, 6.07) is 19.3. The van der Waals surface area contributed by atoms with E-state index in [9.17, 15) is 8.42 Å². The van der Waals surface area contributed by atoms with E-state index in [1.165, 1.54) is 0 Å². The second kappa shape index (κ2) is 6.43. The van der Waals surface area contributed by atoms with Crippen LogP contribution in [0.2, 0.25) is 0 Å². The standard InChI is InChI=1S/C18H22N2O2S/c1-2-3-14-18(16-12-8-5-9-13-16)17(19-23(21,22)20-18)15-10-6-4-7-11-15/h4-13,17,19-20H,2-3,14H2,1H3/t17-,18+/m0/s1. The van der Waals surface area contributed by atoms with Gasteiger partial charge in [-0.05, 0) is 17.5 Å². The Morgan fingerprint density at radius 1 is 1.00 bits per heavy atom. The topological polar surface area (TPSA) is 58.2 Å². The first kappa shape index (κ1) is 16.2. The molecule has 23 heavy (non-hydrogen) atoms. The molecule has 0 bridgehead atoms. The Bertz CT molecular complexity index is 747. The minimum atomic E-state index is -3.53. The molecule has 0 radical (unpaired) electrons. The Hall–Kier alpha value is -1.69. The van der Waals surface area contributed by atoms with Crippen LogP contribution in [0.1, 0.15) is 43.4 Å². The van der Waals surface area contributed by atoms with Gasteiger partial charge >= 0.3 is 0 Å². The molecule has 1 heterocycles. The number of hydrogen-bond acceptors (Lipinski definition) is 2. The second-order valence-electron chi connectivity index (χ2n) is 6.01. The van der Waals surface area contributed by atoms with Gasteiger partial charge in [-0.25, -0.2) is 0 Å². The fourth-order valence-electron chi connectivity index (χ4n) is 3.34. The van der Waals surface area contributed by atoms with E-state index < -0.39 is 15.7 Å². The summed E-state index contributed by atoms with van der Waals surface area (Å²) in [6.45, 7) is 2.12. The molecule has 0 aliphatic carbocycles. The monoisotopic (exact) mass is 330 g/mol. The minimum absolute atomic E-state index is 0.317. The smallest absolute Gasteiger partial charge is 0.195 e. The molecule has 3 rings (SSSR count). The van der Waals surface area contributed by atoms with E-state index >= 15 is 0 Å². The minimum Gasteiger partial charge on any atom is -0.195 e. The predicted octanol–water partition coefficient (Wildman–Crippen LogP) is 3.25. The summed E-state index contributed by atoms with van der Waals surface area (Å²) in [7, 11) is -3.53. The predicted molar refractivity (Wildman–Crippen MR) is 92.0 cm³/mol. The summed E-state index contributed by atoms with van der Waals surface area (Å²) in [5, 5.41) is 0. The van der Waals surface area contributed by atoms with Crippen molar-refractivity contribution in [3.63, 3.8) is 0 Å². The van der Waals surface area contributed by atoms with Crippen LogP contribution in [0.5, 0.6) is 0 Å². The van der Waals surface area contributed by atoms with Gasteiger partial charge in [0.1, 0.15) is 0 Å². The maximum Gasteiger partial charge on any atom is 0.278 e. The molecule has 1 fully saturated rings. The summed E-state index contributed by atoms with van der Waals surface area (Å²) < 4.78 is 30.4. The summed E-state index contributed by atoms with van der Waals surface area (Å²) in [5.74, 6) is 0. The van der Waals surface area contributed by atoms with Gasteiger partial charge in [0.05, 0.1) is 11.6 Å². The maximum absolute atomic E-state index is 12.3. The Kier molecular flexibility index (Phi) is 4.53. The molecule has 122 valence electrons. The highest BCUT2D eigenvalue weighted by atomic mass is 32.2. The summed E-state index contributed by atoms with van der Waals surface area (Å²) in [6.07, 6.45) is 2.71. The van der Waals surface area contributed by atoms with Crippen molar-refractivity contribution in [3.8, 4) is 0 Å². The van der Waals surface area contributed by atoms with Crippen LogP contribution >= 0.6 is 0 Å². The van der Waals surface area contributed by atoms with Crippen molar-refractivity contribution in [2.24, 2.45) is 0 Å². The van der Waals surface area contributed by atoms with Crippen molar-refractivity contribution >= 4 is 10.2 Å². The van der Waals surface area contributed by atoms with Gasteiger partial charge in [0, 0.05) is 0 Å². The molecule has 2 aromatic rings. The zero-order valence-electron chi connectivity index (χ0n) is 13.2. The highest BCUT2D eigenvalue weighted by molar-refractivity contribution is 7.87. The molecule has 1 aliphatic heterocycles. The highest BCUT2D eigenvalue weighted by Gasteiger charge is 2.50. The number of rotatable bonds is 5. The Balaban J connectivity index is 2.14. The van der Waals surface area contributed by atoms with Crippen LogP contribution in [0.4, 0.5) is 0 Å². The largest absolute Gasteiger partial charge is 0.278 e. The molecule has 0 unspecified atom stereocenters. The molecule has 1 aliphatic rings. The molecule has 4 nitrogen and oxygen atoms in total. The lowest BCUT2D eigenvalue weighted by molar-refractivity contribution is 0.308. The second-order valence-corrected chi connectivity index (χ2v) is 7.45. The van der Waals surface area contributed by atoms with Crippen LogP contribution in [0.25, 0.3) is 0 Å². The first-order valence-corrected chi connectivity index (χ1v) is 9.47. The van der Waals surface area contributed by atoms with E-state index in [1.54, 1.807) is 0 Å². The van der Waals surface area contributed by atoms with Gasteiger partial charge in [-0.2, -0.15) is 17.9 Å². The van der Waals surface area contributed by atoms with E-state index in [4.69, 9.17) is 0 Å². The van der Waals surface area contributed by atoms with Crippen LogP contribution in [0, 0.1) is 0 Å². The first-order chi connectivity index (χ1) is 11.1. The SMILES string of the molecule is CCCC[C@]1(c2ccccc2)NS(=O)(=O)N[C@H]1c1ccccc1. The molecular weight excluding hydrogens is 308 g/mol. The van der Waals surface area contributed by atoms with Crippen molar-refractivity contribution in [2.45, 2.75) is 37.8 Å². The normalized spacial score (nSPS) is 26.2. The molecule has 0 saturated carbocycles. The van der Waals surface area contributed by atoms with E-state index in [1.807, 2.05) is 60.7 Å². The Labute approximate surface area is 138 Å². The number of unbranched alkanes of at least 4 members (excludes halogenated alkanes) is 1. The van der Waals surface area contributed by atoms with E-state index in [0.717, 1.165) is 30.4 Å². The molecule has 5 heteroatoms. The van der Waals surface area contributed by atoms with Crippen molar-refractivity contribution < 1.29 is 8.42 Å². The zero-order chi connectivity index (χ0) is 16.3. The highest BCUT2D eigenvalue weighted by Crippen LogP contribution is 2.43. The molecule has 2 N–H and O–H groups in total. The molecular formula is C18H22N2O2S. The summed E-state index contributed by atoms with van der Waals surface area (Å²) >= 11 is 0. The van der Waals surface area contributed by atoms with E-state index in [0.29, 0.717) is 0 Å². The van der Waals surface area contributed by atoms with Gasteiger partial charge in [0.25, 0.3) is 10.2 Å². The third-order valence-electron chi connectivity index (χ3n) is 4.43. The lowest BCUT2D eigenvalue weighted by atomic mass is 9.77. The Morgan fingerprint density at radius 2 is 1.61 bits per heavy atom. The van der Waals surface area contributed by atoms with Crippen LogP contribution in [-0.2, 0) is 15.7 Å². The van der Waals surface area contributed by atoms with E-state index in [2.05, 4.69) is 16.4 Å². The van der Waals surface area contributed by atoms with Crippen LogP contribution in [-0.4, -0.2) is 8.42 Å². The quantitative estimate of drug-likeness (QED) is 0.884. The van der Waals surface area contributed by atoms with Crippen LogP contribution in [0.3, 0.4) is 0 Å². The van der Waals surface area contributed by atoms with Crippen LogP contribution < -0.4 is 9.44 Å². The Morgan fingerprint density at radius 3 is 2.22 bits per heavy atom. The van der Waals surface area contributed by atoms with Crippen molar-refractivity contribution in [1.29, 1.82) is 0 Å². The molecule has 1 saturated heterocycles. The third kappa shape index (κ3) is 3.17. The number of nitrogens with one attached hydrogen (secondary N) is 2. The van der Waals surface area contributed by atoms with Crippen LogP contribution in [0.15, 0.2) is 60.7 Å². The van der Waals surface area contributed by atoms with E-state index in [-0.39, 0.29) is 6.04 Å². The first-order valence-electron chi connectivity index (χ1n) is 7.99. The number of hydrogen-bond donors (Lipinski definition) is 2. The van der Waals surface area contributed by atoms with Gasteiger partial charge in [0.2, 0.25) is 0 Å². The van der Waals surface area contributed by atoms with Crippen molar-refractivity contribution in [2.75, 3.05) is 0 Å². The van der Waals surface area contributed by atoms with Crippen molar-refractivity contribution in [3.05, 3.63) is 71.8 Å². The number of benzene rings is 2. The average Bonchev–Trinajstić information content (AvgIpc) is 2.87. The van der Waals surface area contributed by atoms with Gasteiger partial charge in [-0.15, -0.1) is 0 Å². The fraction of sp³-hybridized carbons (Fsp3) is 0.333. The molecule has 0 aromatic heterocycles. The van der Waals surface area contributed by atoms with Gasteiger partial charge < -0.3 is 0 Å². The molecule has 2 aromatic carbocycles. The molecule has 0 spiro atoms. The van der Waals surface area contributed by atoms with Gasteiger partial charge in [0.15, 0.2) is 0 Å². The average molecular weight is 330 g/mol. The fourth-order valence-corrected chi connectivity index (χ4v) is 4.86. The molecule has 0 amide bonds. The zero-order valence-corrected chi connectivity index (χ0v) is 14.0. The van der Waals surface area contributed by atoms with Gasteiger partial charge in [-0.1, -0.05) is 80.4 Å². The van der Waals surface area contributed by atoms with Gasteiger partial charge in [-0.3, -0.25) is 0 Å². The maximum atomic E-state index is 12.3. The third-order valence-corrected chi connectivity index (χ3v) is 5.61.